The zero-order valence-corrected chi connectivity index (χ0v) is 19.9. The zero-order chi connectivity index (χ0) is 26.4. The third kappa shape index (κ3) is 5.32. The molecule has 0 aliphatic carbocycles. The van der Waals surface area contributed by atoms with Crippen molar-refractivity contribution in [1.29, 1.82) is 0 Å². The van der Waals surface area contributed by atoms with Crippen LogP contribution in [0.5, 0.6) is 0 Å². The van der Waals surface area contributed by atoms with Crippen molar-refractivity contribution in [3.05, 3.63) is 59.2 Å². The smallest absolute Gasteiger partial charge is 0.417 e. The zero-order valence-electron chi connectivity index (χ0n) is 19.1. The van der Waals surface area contributed by atoms with Crippen molar-refractivity contribution in [2.24, 2.45) is 0 Å². The fourth-order valence-electron chi connectivity index (χ4n) is 4.17. The molecule has 12 heteroatoms. The van der Waals surface area contributed by atoms with Crippen molar-refractivity contribution in [2.45, 2.75) is 55.8 Å². The molecule has 2 aromatic heterocycles. The molecule has 3 aromatic rings. The van der Waals surface area contributed by atoms with Crippen LogP contribution in [0.15, 0.2) is 41.6 Å². The Morgan fingerprint density at radius 2 is 1.80 bits per heavy atom. The number of nitrogens with one attached hydrogen (secondary N) is 1. The van der Waals surface area contributed by atoms with Crippen molar-refractivity contribution in [3.63, 3.8) is 0 Å². The number of hydrogen-bond donors (Lipinski definition) is 3. The Kier molecular flexibility index (Phi) is 6.77. The Morgan fingerprint density at radius 3 is 2.37 bits per heavy atom. The van der Waals surface area contributed by atoms with E-state index in [0.29, 0.717) is 5.39 Å². The SMILES string of the molecule is CCS(=O)(=O)c1cc2cc(C[C@](O)(CC(C)(C)c3ccc(F)cc3C(=O)O)C(F)(F)F)[nH]c2cn1. The van der Waals surface area contributed by atoms with Crippen LogP contribution in [0.4, 0.5) is 17.6 Å². The molecule has 0 amide bonds. The third-order valence-electron chi connectivity index (χ3n) is 5.92. The number of carboxylic acids is 1. The number of sulfone groups is 1. The van der Waals surface area contributed by atoms with Gasteiger partial charge in [-0.25, -0.2) is 22.6 Å². The van der Waals surface area contributed by atoms with E-state index in [-0.39, 0.29) is 27.6 Å². The predicted octanol–water partition coefficient (Wildman–Crippen LogP) is 4.40. The van der Waals surface area contributed by atoms with Crippen LogP contribution in [-0.2, 0) is 21.7 Å². The van der Waals surface area contributed by atoms with Crippen LogP contribution in [0.25, 0.3) is 10.9 Å². The van der Waals surface area contributed by atoms with E-state index in [1.54, 1.807) is 0 Å². The fourth-order valence-corrected chi connectivity index (χ4v) is 4.99. The molecule has 1 atom stereocenters. The van der Waals surface area contributed by atoms with Crippen LogP contribution in [-0.4, -0.2) is 52.1 Å². The van der Waals surface area contributed by atoms with Gasteiger partial charge in [0.2, 0.25) is 0 Å². The van der Waals surface area contributed by atoms with E-state index in [9.17, 15) is 41.0 Å². The van der Waals surface area contributed by atoms with Gasteiger partial charge in [0.05, 0.1) is 23.0 Å². The predicted molar refractivity (Wildman–Crippen MR) is 120 cm³/mol. The summed E-state index contributed by atoms with van der Waals surface area (Å²) in [6.45, 7) is 4.10. The van der Waals surface area contributed by atoms with E-state index in [4.69, 9.17) is 0 Å². The molecule has 190 valence electrons. The lowest BCUT2D eigenvalue weighted by Gasteiger charge is -2.38. The number of aromatic nitrogens is 2. The summed E-state index contributed by atoms with van der Waals surface area (Å²) >= 11 is 0. The summed E-state index contributed by atoms with van der Waals surface area (Å²) in [7, 11) is -3.64. The highest BCUT2D eigenvalue weighted by atomic mass is 32.2. The van der Waals surface area contributed by atoms with Crippen LogP contribution in [0.3, 0.4) is 0 Å². The first kappa shape index (κ1) is 26.6. The largest absolute Gasteiger partial charge is 0.478 e. The number of fused-ring (bicyclic) bond motifs is 1. The molecular formula is C23H24F4N2O5S. The molecular weight excluding hydrogens is 492 g/mol. The minimum absolute atomic E-state index is 0.0268. The molecule has 7 nitrogen and oxygen atoms in total. The summed E-state index contributed by atoms with van der Waals surface area (Å²) in [6, 6.07) is 5.31. The highest BCUT2D eigenvalue weighted by molar-refractivity contribution is 7.91. The maximum atomic E-state index is 14.1. The van der Waals surface area contributed by atoms with Gasteiger partial charge in [-0.15, -0.1) is 0 Å². The van der Waals surface area contributed by atoms with Gasteiger partial charge in [0.15, 0.2) is 20.5 Å². The third-order valence-corrected chi connectivity index (χ3v) is 7.54. The van der Waals surface area contributed by atoms with Gasteiger partial charge in [0, 0.05) is 17.5 Å². The highest BCUT2D eigenvalue weighted by Gasteiger charge is 2.56. The molecule has 0 radical (unpaired) electrons. The van der Waals surface area contributed by atoms with Gasteiger partial charge in [0.1, 0.15) is 5.82 Å². The summed E-state index contributed by atoms with van der Waals surface area (Å²) in [5, 5.41) is 20.4. The van der Waals surface area contributed by atoms with Crippen LogP contribution in [0.2, 0.25) is 0 Å². The number of aromatic carboxylic acids is 1. The van der Waals surface area contributed by atoms with Crippen molar-refractivity contribution in [2.75, 3.05) is 5.75 Å². The topological polar surface area (TPSA) is 120 Å². The van der Waals surface area contributed by atoms with Crippen molar-refractivity contribution < 1.29 is 41.0 Å². The minimum Gasteiger partial charge on any atom is -0.478 e. The van der Waals surface area contributed by atoms with Crippen LogP contribution in [0, 0.1) is 5.82 Å². The summed E-state index contributed by atoms with van der Waals surface area (Å²) in [5.41, 5.74) is -5.13. The molecule has 35 heavy (non-hydrogen) atoms. The number of alkyl halides is 3. The molecule has 0 spiro atoms. The molecule has 0 aliphatic heterocycles. The lowest BCUT2D eigenvalue weighted by Crippen LogP contribution is -2.51. The molecule has 3 N–H and O–H groups in total. The standard InChI is InChI=1S/C23H24F4N2O5S/c1-4-35(33,34)19-8-13-7-15(29-18(13)11-28-19)10-22(32,23(25,26)27)12-21(2,3)17-6-5-14(24)9-16(17)20(30)31/h5-9,11,29,32H,4,10,12H2,1-3H3,(H,30,31)/t22-/m0/s1. The van der Waals surface area contributed by atoms with Gasteiger partial charge in [-0.1, -0.05) is 26.8 Å². The second-order valence-electron chi connectivity index (χ2n) is 9.07. The number of H-pyrrole nitrogens is 1. The van der Waals surface area contributed by atoms with Crippen molar-refractivity contribution in [1.82, 2.24) is 9.97 Å². The van der Waals surface area contributed by atoms with Crippen LogP contribution in [0.1, 0.15) is 48.8 Å². The molecule has 3 rings (SSSR count). The first-order valence-electron chi connectivity index (χ1n) is 10.5. The maximum Gasteiger partial charge on any atom is 0.417 e. The number of rotatable bonds is 8. The van der Waals surface area contributed by atoms with Crippen molar-refractivity contribution >= 4 is 26.7 Å². The van der Waals surface area contributed by atoms with Gasteiger partial charge in [0.25, 0.3) is 0 Å². The Balaban J connectivity index is 2.02. The summed E-state index contributed by atoms with van der Waals surface area (Å²) < 4.78 is 80.2. The minimum atomic E-state index is -5.11. The van der Waals surface area contributed by atoms with Gasteiger partial charge < -0.3 is 15.2 Å². The van der Waals surface area contributed by atoms with Gasteiger partial charge in [-0.05, 0) is 41.7 Å². The maximum absolute atomic E-state index is 14.1. The Labute approximate surface area is 198 Å². The average Bonchev–Trinajstić information content (AvgIpc) is 3.13. The van der Waals surface area contributed by atoms with E-state index < -0.39 is 57.2 Å². The Bertz CT molecular complexity index is 1380. The first-order chi connectivity index (χ1) is 16.0. The number of nitrogens with zero attached hydrogens (tertiary/aromatic N) is 1. The molecule has 1 aromatic carbocycles. The van der Waals surface area contributed by atoms with Crippen LogP contribution < -0.4 is 0 Å². The van der Waals surface area contributed by atoms with Gasteiger partial charge in [-0.2, -0.15) is 13.2 Å². The first-order valence-corrected chi connectivity index (χ1v) is 12.2. The summed E-state index contributed by atoms with van der Waals surface area (Å²) in [4.78, 5) is 18.2. The highest BCUT2D eigenvalue weighted by Crippen LogP contribution is 2.44. The second-order valence-corrected chi connectivity index (χ2v) is 11.3. The van der Waals surface area contributed by atoms with Gasteiger partial charge >= 0.3 is 12.1 Å². The van der Waals surface area contributed by atoms with Gasteiger partial charge in [-0.3, -0.25) is 0 Å². The molecule has 0 aliphatic rings. The number of aliphatic hydroxyl groups is 1. The van der Waals surface area contributed by atoms with E-state index in [0.717, 1.165) is 18.2 Å². The Morgan fingerprint density at radius 1 is 1.14 bits per heavy atom. The van der Waals surface area contributed by atoms with Crippen molar-refractivity contribution in [3.8, 4) is 0 Å². The number of aromatic amines is 1. The quantitative estimate of drug-likeness (QED) is 0.382. The number of halogens is 4. The number of carbonyl (C=O) groups is 1. The molecule has 0 fully saturated rings. The normalized spacial score (nSPS) is 14.7. The second kappa shape index (κ2) is 8.90. The number of pyridine rings is 1. The summed E-state index contributed by atoms with van der Waals surface area (Å²) in [6.07, 6.45) is -5.78. The number of hydrogen-bond acceptors (Lipinski definition) is 5. The lowest BCUT2D eigenvalue weighted by molar-refractivity contribution is -0.266. The molecule has 0 unspecified atom stereocenters. The number of carboxylic acid groups (broad SMARTS) is 1. The molecule has 2 heterocycles. The van der Waals surface area contributed by atoms with E-state index in [1.807, 2.05) is 0 Å². The molecule has 0 saturated heterocycles. The van der Waals surface area contributed by atoms with E-state index >= 15 is 0 Å². The average molecular weight is 517 g/mol. The summed E-state index contributed by atoms with van der Waals surface area (Å²) in [5.74, 6) is -2.57. The molecule has 0 saturated carbocycles. The van der Waals surface area contributed by atoms with Crippen LogP contribution >= 0.6 is 0 Å². The van der Waals surface area contributed by atoms with E-state index in [2.05, 4.69) is 9.97 Å². The van der Waals surface area contributed by atoms with E-state index in [1.165, 1.54) is 39.1 Å². The lowest BCUT2D eigenvalue weighted by atomic mass is 9.72. The number of benzene rings is 1. The Hall–Kier alpha value is -2.99. The monoisotopic (exact) mass is 516 g/mol. The fraction of sp³-hybridized carbons (Fsp3) is 0.391. The molecule has 0 bridgehead atoms.